The first-order valence-electron chi connectivity index (χ1n) is 8.48. The largest absolute Gasteiger partial charge is 0.306 e. The van der Waals surface area contributed by atoms with E-state index in [2.05, 4.69) is 11.9 Å². The minimum absolute atomic E-state index is 0.0690. The maximum absolute atomic E-state index is 13.6. The number of hydrogen-bond donors (Lipinski definition) is 0. The first-order valence-corrected chi connectivity index (χ1v) is 9.30. The van der Waals surface area contributed by atoms with Gasteiger partial charge < -0.3 is 0 Å². The number of amides is 2. The summed E-state index contributed by atoms with van der Waals surface area (Å²) < 4.78 is -0.905. The van der Waals surface area contributed by atoms with Crippen molar-refractivity contribution in [3.05, 3.63) is 60.2 Å². The van der Waals surface area contributed by atoms with Gasteiger partial charge in [0.25, 0.3) is 5.91 Å². The third-order valence-electron chi connectivity index (χ3n) is 4.69. The molecule has 0 unspecified atom stereocenters. The zero-order chi connectivity index (χ0) is 17.4. The van der Waals surface area contributed by atoms with Gasteiger partial charge in [-0.05, 0) is 36.4 Å². The Morgan fingerprint density at radius 1 is 1.04 bits per heavy atom. The van der Waals surface area contributed by atoms with E-state index in [1.807, 2.05) is 54.6 Å². The van der Waals surface area contributed by atoms with Gasteiger partial charge in [-0.1, -0.05) is 56.2 Å². The first-order chi connectivity index (χ1) is 12.2. The SMILES string of the molecule is CCCC[C@]12SC(=O)N=C1c1ccccc1N(c1ccccc1)C2=O. The van der Waals surface area contributed by atoms with E-state index in [1.165, 1.54) is 0 Å². The molecule has 2 aromatic carbocycles. The third-order valence-corrected chi connectivity index (χ3v) is 5.88. The van der Waals surface area contributed by atoms with Crippen LogP contribution in [0.4, 0.5) is 16.2 Å². The molecule has 0 aromatic heterocycles. The number of carbonyl (C=O) groups excluding carboxylic acids is 2. The summed E-state index contributed by atoms with van der Waals surface area (Å²) in [6, 6.07) is 17.3. The Bertz CT molecular complexity index is 878. The third kappa shape index (κ3) is 2.42. The van der Waals surface area contributed by atoms with Crippen LogP contribution in [0, 0.1) is 0 Å². The van der Waals surface area contributed by atoms with Crippen molar-refractivity contribution in [2.45, 2.75) is 30.9 Å². The van der Waals surface area contributed by atoms with Crippen molar-refractivity contribution in [3.8, 4) is 0 Å². The Labute approximate surface area is 150 Å². The van der Waals surface area contributed by atoms with Crippen molar-refractivity contribution >= 4 is 40.0 Å². The quantitative estimate of drug-likeness (QED) is 0.784. The summed E-state index contributed by atoms with van der Waals surface area (Å²) in [5, 5.41) is -0.274. The Hall–Kier alpha value is -2.40. The van der Waals surface area contributed by atoms with Gasteiger partial charge >= 0.3 is 5.24 Å². The number of hydrogen-bond acceptors (Lipinski definition) is 3. The number of rotatable bonds is 4. The number of carbonyl (C=O) groups is 2. The highest BCUT2D eigenvalue weighted by atomic mass is 32.2. The van der Waals surface area contributed by atoms with E-state index in [1.54, 1.807) is 4.90 Å². The highest BCUT2D eigenvalue weighted by Crippen LogP contribution is 2.50. The molecule has 0 N–H and O–H groups in total. The van der Waals surface area contributed by atoms with Crippen LogP contribution in [0.15, 0.2) is 59.6 Å². The van der Waals surface area contributed by atoms with Crippen LogP contribution in [0.2, 0.25) is 0 Å². The number of unbranched alkanes of at least 4 members (excludes halogenated alkanes) is 1. The molecular weight excluding hydrogens is 332 g/mol. The van der Waals surface area contributed by atoms with Crippen LogP contribution < -0.4 is 4.90 Å². The minimum Gasteiger partial charge on any atom is -0.279 e. The second kappa shape index (κ2) is 6.15. The zero-order valence-corrected chi connectivity index (χ0v) is 14.8. The highest BCUT2D eigenvalue weighted by Gasteiger charge is 2.56. The van der Waals surface area contributed by atoms with Crippen LogP contribution in [0.3, 0.4) is 0 Å². The molecule has 126 valence electrons. The van der Waals surface area contributed by atoms with Crippen molar-refractivity contribution < 1.29 is 9.59 Å². The van der Waals surface area contributed by atoms with Gasteiger partial charge in [0.15, 0.2) is 0 Å². The summed E-state index contributed by atoms with van der Waals surface area (Å²) in [5.74, 6) is -0.0690. The number of para-hydroxylation sites is 2. The fourth-order valence-electron chi connectivity index (χ4n) is 3.52. The Morgan fingerprint density at radius 3 is 2.52 bits per heavy atom. The van der Waals surface area contributed by atoms with Crippen LogP contribution in [0.1, 0.15) is 31.7 Å². The Morgan fingerprint density at radius 2 is 1.76 bits per heavy atom. The lowest BCUT2D eigenvalue weighted by molar-refractivity contribution is -0.118. The van der Waals surface area contributed by atoms with E-state index in [9.17, 15) is 9.59 Å². The van der Waals surface area contributed by atoms with Crippen molar-refractivity contribution in [1.82, 2.24) is 0 Å². The fraction of sp³-hybridized carbons (Fsp3) is 0.250. The second-order valence-electron chi connectivity index (χ2n) is 6.25. The lowest BCUT2D eigenvalue weighted by Crippen LogP contribution is -2.53. The predicted octanol–water partition coefficient (Wildman–Crippen LogP) is 4.95. The average Bonchev–Trinajstić information content (AvgIpc) is 2.99. The van der Waals surface area contributed by atoms with E-state index in [-0.39, 0.29) is 11.1 Å². The fourth-order valence-corrected chi connectivity index (χ4v) is 4.63. The molecule has 0 bridgehead atoms. The molecule has 2 aliphatic rings. The summed E-state index contributed by atoms with van der Waals surface area (Å²) in [4.78, 5) is 31.8. The lowest BCUT2D eigenvalue weighted by Gasteiger charge is -2.40. The molecule has 0 aliphatic carbocycles. The molecule has 0 saturated heterocycles. The number of nitrogens with zero attached hydrogens (tertiary/aromatic N) is 2. The maximum Gasteiger partial charge on any atom is 0.306 e. The summed E-state index contributed by atoms with van der Waals surface area (Å²) >= 11 is 1.07. The van der Waals surface area contributed by atoms with Gasteiger partial charge in [0.2, 0.25) is 0 Å². The minimum atomic E-state index is -0.905. The van der Waals surface area contributed by atoms with Crippen LogP contribution in [-0.2, 0) is 4.79 Å². The van der Waals surface area contributed by atoms with Crippen LogP contribution in [0.5, 0.6) is 0 Å². The highest BCUT2D eigenvalue weighted by molar-refractivity contribution is 8.16. The maximum atomic E-state index is 13.6. The van der Waals surface area contributed by atoms with E-state index in [0.29, 0.717) is 12.1 Å². The molecule has 1 atom stereocenters. The molecule has 0 saturated carbocycles. The number of fused-ring (bicyclic) bond motifs is 3. The molecule has 2 aromatic rings. The standard InChI is InChI=1S/C20H18N2O2S/c1-2-3-13-20-17(21-19(24)25-20)15-11-7-8-12-16(15)22(18(20)23)14-9-5-4-6-10-14/h4-12H,2-3,13H2,1H3/t20-/m0/s1. The number of aliphatic imine (C=N–C) groups is 1. The van der Waals surface area contributed by atoms with Gasteiger partial charge in [-0.3, -0.25) is 14.5 Å². The Kier molecular flexibility index (Phi) is 3.96. The molecular formula is C20H18N2O2S. The molecule has 0 spiro atoms. The van der Waals surface area contributed by atoms with E-state index in [4.69, 9.17) is 0 Å². The molecule has 0 radical (unpaired) electrons. The van der Waals surface area contributed by atoms with Crippen molar-refractivity contribution in [1.29, 1.82) is 0 Å². The summed E-state index contributed by atoms with van der Waals surface area (Å²) in [7, 11) is 0. The number of benzene rings is 2. The molecule has 2 amide bonds. The number of thioether (sulfide) groups is 1. The van der Waals surface area contributed by atoms with Gasteiger partial charge in [-0.2, -0.15) is 0 Å². The number of anilines is 2. The van der Waals surface area contributed by atoms with E-state index >= 15 is 0 Å². The smallest absolute Gasteiger partial charge is 0.279 e. The van der Waals surface area contributed by atoms with Crippen molar-refractivity contribution in [3.63, 3.8) is 0 Å². The topological polar surface area (TPSA) is 49.7 Å². The molecule has 0 fully saturated rings. The first kappa shape index (κ1) is 16.1. The van der Waals surface area contributed by atoms with Crippen LogP contribution in [0.25, 0.3) is 0 Å². The molecule has 4 rings (SSSR count). The van der Waals surface area contributed by atoms with Crippen LogP contribution >= 0.6 is 11.8 Å². The van der Waals surface area contributed by atoms with Crippen molar-refractivity contribution in [2.75, 3.05) is 4.90 Å². The summed E-state index contributed by atoms with van der Waals surface area (Å²) in [5.41, 5.74) is 3.11. The van der Waals surface area contributed by atoms with Crippen LogP contribution in [-0.4, -0.2) is 21.6 Å². The van der Waals surface area contributed by atoms with Crippen molar-refractivity contribution in [2.24, 2.45) is 4.99 Å². The van der Waals surface area contributed by atoms with Gasteiger partial charge in [0, 0.05) is 11.3 Å². The lowest BCUT2D eigenvalue weighted by atomic mass is 9.84. The normalized spacial score (nSPS) is 21.8. The van der Waals surface area contributed by atoms with E-state index in [0.717, 1.165) is 41.5 Å². The molecule has 2 heterocycles. The molecule has 5 heteroatoms. The summed E-state index contributed by atoms with van der Waals surface area (Å²) in [6.07, 6.45) is 2.45. The van der Waals surface area contributed by atoms with Gasteiger partial charge in [0.05, 0.1) is 11.4 Å². The van der Waals surface area contributed by atoms with E-state index < -0.39 is 4.75 Å². The van der Waals surface area contributed by atoms with Gasteiger partial charge in [-0.15, -0.1) is 0 Å². The molecule has 2 aliphatic heterocycles. The zero-order valence-electron chi connectivity index (χ0n) is 13.9. The summed E-state index contributed by atoms with van der Waals surface area (Å²) in [6.45, 7) is 2.09. The second-order valence-corrected chi connectivity index (χ2v) is 7.50. The van der Waals surface area contributed by atoms with Gasteiger partial charge in [0.1, 0.15) is 4.75 Å². The molecule has 25 heavy (non-hydrogen) atoms. The Balaban J connectivity index is 1.94. The average molecular weight is 350 g/mol. The monoisotopic (exact) mass is 350 g/mol. The molecule has 4 nitrogen and oxygen atoms in total. The van der Waals surface area contributed by atoms with Gasteiger partial charge in [-0.25, -0.2) is 4.99 Å². The predicted molar refractivity (Wildman–Crippen MR) is 102 cm³/mol.